The number of anilines is 2. The van der Waals surface area contributed by atoms with E-state index in [2.05, 4.69) is 5.32 Å². The smallest absolute Gasteiger partial charge is 0.341 e. The number of thiazole rings is 1. The summed E-state index contributed by atoms with van der Waals surface area (Å²) >= 11 is 8.02. The van der Waals surface area contributed by atoms with Crippen molar-refractivity contribution in [3.63, 3.8) is 0 Å². The van der Waals surface area contributed by atoms with E-state index in [-0.39, 0.29) is 5.82 Å². The summed E-state index contributed by atoms with van der Waals surface area (Å²) in [6.07, 6.45) is 3.79. The molecule has 0 bridgehead atoms. The summed E-state index contributed by atoms with van der Waals surface area (Å²) in [5, 5.41) is 3.38. The van der Waals surface area contributed by atoms with Gasteiger partial charge in [-0.2, -0.15) is 0 Å². The van der Waals surface area contributed by atoms with Gasteiger partial charge in [-0.05, 0) is 67.7 Å². The molecule has 0 atom stereocenters. The van der Waals surface area contributed by atoms with Gasteiger partial charge in [0.25, 0.3) is 5.91 Å². The Kier molecular flexibility index (Phi) is 6.12. The molecule has 31 heavy (non-hydrogen) atoms. The number of amides is 1. The average molecular weight is 476 g/mol. The molecular formula is C21H21N3O4S3. The maximum atomic E-state index is 13.1. The minimum atomic E-state index is -0.439. The third kappa shape index (κ3) is 3.98. The highest BCUT2D eigenvalue weighted by Gasteiger charge is 2.28. The fourth-order valence-electron chi connectivity index (χ4n) is 3.66. The van der Waals surface area contributed by atoms with Gasteiger partial charge in [-0.1, -0.05) is 11.3 Å². The number of carbonyl (C=O) groups excluding carboxylic acids is 2. The van der Waals surface area contributed by atoms with Crippen LogP contribution in [0.1, 0.15) is 43.3 Å². The molecule has 1 amide bonds. The summed E-state index contributed by atoms with van der Waals surface area (Å²) in [5.74, 6) is 0.119. The van der Waals surface area contributed by atoms with Crippen LogP contribution >= 0.6 is 34.9 Å². The lowest BCUT2D eigenvalue weighted by molar-refractivity contribution is 0.0601. The standard InChI is InChI=1S/C21H21N3O4S3/c1-27-12-9-7-11(8-10-12)24-17(22)16(31-21(24)29)18(25)23-19-15(20(26)28-2)13-5-3-4-6-14(13)30-19/h7-10H,3-6,22H2,1-2H3,(H,23,25). The van der Waals surface area contributed by atoms with E-state index in [0.717, 1.165) is 53.1 Å². The molecule has 0 spiro atoms. The van der Waals surface area contributed by atoms with E-state index in [0.29, 0.717) is 25.1 Å². The molecule has 0 saturated heterocycles. The van der Waals surface area contributed by atoms with Gasteiger partial charge in [-0.25, -0.2) is 4.79 Å². The number of nitrogens with zero attached hydrogens (tertiary/aromatic N) is 1. The molecule has 10 heteroatoms. The number of carbonyl (C=O) groups is 2. The van der Waals surface area contributed by atoms with Crippen molar-refractivity contribution in [3.8, 4) is 11.4 Å². The maximum Gasteiger partial charge on any atom is 0.341 e. The van der Waals surface area contributed by atoms with Crippen molar-refractivity contribution in [2.75, 3.05) is 25.3 Å². The summed E-state index contributed by atoms with van der Waals surface area (Å²) in [6, 6.07) is 7.24. The van der Waals surface area contributed by atoms with Crippen LogP contribution in [-0.4, -0.2) is 30.7 Å². The third-order valence-corrected chi connectivity index (χ3v) is 7.77. The Labute approximate surface area is 192 Å². The van der Waals surface area contributed by atoms with Crippen LogP contribution in [0.15, 0.2) is 24.3 Å². The molecule has 1 aromatic carbocycles. The fourth-order valence-corrected chi connectivity index (χ4v) is 6.19. The van der Waals surface area contributed by atoms with Gasteiger partial charge in [0.1, 0.15) is 21.4 Å². The number of esters is 1. The highest BCUT2D eigenvalue weighted by atomic mass is 32.1. The quantitative estimate of drug-likeness (QED) is 0.405. The second kappa shape index (κ2) is 8.81. The lowest BCUT2D eigenvalue weighted by Gasteiger charge is -2.11. The van der Waals surface area contributed by atoms with Gasteiger partial charge >= 0.3 is 5.97 Å². The van der Waals surface area contributed by atoms with E-state index in [1.54, 1.807) is 23.8 Å². The van der Waals surface area contributed by atoms with Crippen LogP contribution in [0.5, 0.6) is 5.75 Å². The number of ether oxygens (including phenoxy) is 2. The van der Waals surface area contributed by atoms with Crippen LogP contribution in [0.2, 0.25) is 0 Å². The summed E-state index contributed by atoms with van der Waals surface area (Å²) < 4.78 is 12.3. The Morgan fingerprint density at radius 3 is 2.52 bits per heavy atom. The number of nitrogens with one attached hydrogen (secondary N) is 1. The third-order valence-electron chi connectivity index (χ3n) is 5.17. The predicted molar refractivity (Wildman–Crippen MR) is 126 cm³/mol. The van der Waals surface area contributed by atoms with Gasteiger partial charge in [0, 0.05) is 10.6 Å². The van der Waals surface area contributed by atoms with Crippen LogP contribution in [0, 0.1) is 3.95 Å². The molecule has 3 aromatic rings. The first kappa shape index (κ1) is 21.5. The molecule has 162 valence electrons. The van der Waals surface area contributed by atoms with Crippen LogP contribution in [0.4, 0.5) is 10.8 Å². The molecule has 0 fully saturated rings. The van der Waals surface area contributed by atoms with Gasteiger partial charge in [0.05, 0.1) is 19.8 Å². The van der Waals surface area contributed by atoms with Crippen LogP contribution in [0.25, 0.3) is 5.69 Å². The molecule has 1 aliphatic rings. The topological polar surface area (TPSA) is 95.6 Å². The Balaban J connectivity index is 1.68. The summed E-state index contributed by atoms with van der Waals surface area (Å²) in [7, 11) is 2.94. The molecule has 0 radical (unpaired) electrons. The van der Waals surface area contributed by atoms with E-state index >= 15 is 0 Å². The number of hydrogen-bond donors (Lipinski definition) is 2. The van der Waals surface area contributed by atoms with E-state index in [1.807, 2.05) is 12.1 Å². The normalized spacial score (nSPS) is 12.8. The van der Waals surface area contributed by atoms with Gasteiger partial charge < -0.3 is 20.5 Å². The first-order chi connectivity index (χ1) is 14.9. The molecule has 0 unspecified atom stereocenters. The monoisotopic (exact) mass is 475 g/mol. The molecule has 3 N–H and O–H groups in total. The first-order valence-corrected chi connectivity index (χ1v) is 11.7. The minimum Gasteiger partial charge on any atom is -0.497 e. The van der Waals surface area contributed by atoms with Crippen molar-refractivity contribution in [3.05, 3.63) is 49.1 Å². The molecule has 2 heterocycles. The number of nitrogen functional groups attached to an aromatic ring is 1. The number of nitrogens with two attached hydrogens (primary N) is 1. The molecular weight excluding hydrogens is 454 g/mol. The Morgan fingerprint density at radius 2 is 1.84 bits per heavy atom. The highest BCUT2D eigenvalue weighted by molar-refractivity contribution is 7.73. The van der Waals surface area contributed by atoms with E-state index in [1.165, 1.54) is 18.4 Å². The van der Waals surface area contributed by atoms with E-state index in [9.17, 15) is 9.59 Å². The van der Waals surface area contributed by atoms with Crippen LogP contribution in [-0.2, 0) is 17.6 Å². The number of aryl methyl sites for hydroxylation is 1. The highest BCUT2D eigenvalue weighted by Crippen LogP contribution is 2.39. The number of rotatable bonds is 5. The average Bonchev–Trinajstić information content (AvgIpc) is 3.29. The summed E-state index contributed by atoms with van der Waals surface area (Å²) in [4.78, 5) is 26.9. The maximum absolute atomic E-state index is 13.1. The largest absolute Gasteiger partial charge is 0.497 e. The Hall–Kier alpha value is -2.69. The molecule has 2 aromatic heterocycles. The zero-order valence-electron chi connectivity index (χ0n) is 17.0. The fraction of sp³-hybridized carbons (Fsp3) is 0.286. The van der Waals surface area contributed by atoms with Crippen molar-refractivity contribution in [2.45, 2.75) is 25.7 Å². The minimum absolute atomic E-state index is 0.249. The van der Waals surface area contributed by atoms with E-state index in [4.69, 9.17) is 27.4 Å². The van der Waals surface area contributed by atoms with Gasteiger partial charge in [0.15, 0.2) is 3.95 Å². The second-order valence-electron chi connectivity index (χ2n) is 6.98. The Bertz CT molecular complexity index is 1210. The molecule has 4 rings (SSSR count). The number of benzene rings is 1. The van der Waals surface area contributed by atoms with Gasteiger partial charge in [-0.15, -0.1) is 11.3 Å². The SMILES string of the molecule is COC(=O)c1c(NC(=O)c2sc(=S)n(-c3ccc(OC)cc3)c2N)sc2c1CCCC2. The molecule has 0 saturated carbocycles. The number of fused-ring (bicyclic) bond motifs is 1. The predicted octanol–water partition coefficient (Wildman–Crippen LogP) is 4.84. The van der Waals surface area contributed by atoms with E-state index < -0.39 is 11.9 Å². The van der Waals surface area contributed by atoms with Crippen molar-refractivity contribution >= 4 is 57.6 Å². The summed E-state index contributed by atoms with van der Waals surface area (Å²) in [6.45, 7) is 0. The number of aromatic nitrogens is 1. The second-order valence-corrected chi connectivity index (χ2v) is 9.73. The van der Waals surface area contributed by atoms with Crippen molar-refractivity contribution in [2.24, 2.45) is 0 Å². The molecule has 7 nitrogen and oxygen atoms in total. The van der Waals surface area contributed by atoms with Crippen LogP contribution in [0.3, 0.4) is 0 Å². The first-order valence-electron chi connectivity index (χ1n) is 9.64. The zero-order valence-corrected chi connectivity index (χ0v) is 19.5. The molecule has 1 aliphatic carbocycles. The molecule has 0 aliphatic heterocycles. The number of methoxy groups -OCH3 is 2. The van der Waals surface area contributed by atoms with Crippen molar-refractivity contribution < 1.29 is 19.1 Å². The lowest BCUT2D eigenvalue weighted by Crippen LogP contribution is -2.16. The number of hydrogen-bond acceptors (Lipinski definition) is 8. The van der Waals surface area contributed by atoms with Gasteiger partial charge in [-0.3, -0.25) is 9.36 Å². The lowest BCUT2D eigenvalue weighted by atomic mass is 9.95. The van der Waals surface area contributed by atoms with Crippen molar-refractivity contribution in [1.82, 2.24) is 4.57 Å². The number of thiophene rings is 1. The van der Waals surface area contributed by atoms with Crippen molar-refractivity contribution in [1.29, 1.82) is 0 Å². The Morgan fingerprint density at radius 1 is 1.13 bits per heavy atom. The summed E-state index contributed by atoms with van der Waals surface area (Å²) in [5.41, 5.74) is 8.48. The zero-order chi connectivity index (χ0) is 22.1. The van der Waals surface area contributed by atoms with Crippen LogP contribution < -0.4 is 15.8 Å². The van der Waals surface area contributed by atoms with Gasteiger partial charge in [0.2, 0.25) is 0 Å².